The van der Waals surface area contributed by atoms with Crippen molar-refractivity contribution in [2.45, 2.75) is 13.5 Å². The van der Waals surface area contributed by atoms with Crippen molar-refractivity contribution in [3.8, 4) is 0 Å². The van der Waals surface area contributed by atoms with E-state index in [1.165, 1.54) is 16.3 Å². The number of hydrogen-bond donors (Lipinski definition) is 0. The summed E-state index contributed by atoms with van der Waals surface area (Å²) in [5.41, 5.74) is 3.23. The van der Waals surface area contributed by atoms with Crippen molar-refractivity contribution in [2.75, 3.05) is 4.90 Å². The molecule has 0 aliphatic heterocycles. The Hall–Kier alpha value is -3.73. The summed E-state index contributed by atoms with van der Waals surface area (Å²) in [7, 11) is 0. The quantitative estimate of drug-likeness (QED) is 0.453. The molecule has 5 aromatic rings. The highest BCUT2D eigenvalue weighted by atomic mass is 15.4. The van der Waals surface area contributed by atoms with Gasteiger partial charge < -0.3 is 4.90 Å². The first-order valence-corrected chi connectivity index (χ1v) is 9.25. The van der Waals surface area contributed by atoms with Crippen molar-refractivity contribution in [3.63, 3.8) is 0 Å². The van der Waals surface area contributed by atoms with Crippen LogP contribution in [0.1, 0.15) is 11.3 Å². The van der Waals surface area contributed by atoms with Crippen molar-refractivity contribution < 1.29 is 0 Å². The largest absolute Gasteiger partial charge is 0.322 e. The van der Waals surface area contributed by atoms with Gasteiger partial charge in [-0.05, 0) is 35.4 Å². The van der Waals surface area contributed by atoms with Crippen LogP contribution in [0.25, 0.3) is 16.6 Å². The minimum atomic E-state index is 0.605. The van der Waals surface area contributed by atoms with Crippen LogP contribution in [0.4, 0.5) is 11.5 Å². The van der Waals surface area contributed by atoms with Crippen molar-refractivity contribution in [1.82, 2.24) is 19.6 Å². The zero-order valence-electron chi connectivity index (χ0n) is 15.5. The summed E-state index contributed by atoms with van der Waals surface area (Å²) in [6.07, 6.45) is 1.55. The lowest BCUT2D eigenvalue weighted by molar-refractivity contribution is 0.856. The molecule has 2 aromatic heterocycles. The maximum absolute atomic E-state index is 4.49. The second-order valence-electron chi connectivity index (χ2n) is 6.83. The van der Waals surface area contributed by atoms with E-state index in [4.69, 9.17) is 0 Å². The van der Waals surface area contributed by atoms with E-state index in [2.05, 4.69) is 92.8 Å². The fourth-order valence-electron chi connectivity index (χ4n) is 3.52. The topological polar surface area (TPSA) is 46.3 Å². The number of hydrogen-bond acceptors (Lipinski definition) is 4. The molecular weight excluding hydrogens is 346 g/mol. The van der Waals surface area contributed by atoms with Gasteiger partial charge in [0, 0.05) is 24.0 Å². The second kappa shape index (κ2) is 6.78. The zero-order chi connectivity index (χ0) is 18.9. The van der Waals surface area contributed by atoms with Crippen LogP contribution in [-0.4, -0.2) is 19.6 Å². The van der Waals surface area contributed by atoms with Gasteiger partial charge in [0.05, 0.1) is 0 Å². The van der Waals surface area contributed by atoms with Crippen LogP contribution in [0, 0.1) is 6.92 Å². The van der Waals surface area contributed by atoms with Gasteiger partial charge in [0.1, 0.15) is 12.1 Å². The molecule has 3 aromatic carbocycles. The third-order valence-corrected chi connectivity index (χ3v) is 4.87. The fraction of sp³-hybridized carbons (Fsp3) is 0.0870. The minimum Gasteiger partial charge on any atom is -0.322 e. The molecule has 136 valence electrons. The Bertz CT molecular complexity index is 1260. The molecule has 0 amide bonds. The first-order valence-electron chi connectivity index (χ1n) is 9.25. The van der Waals surface area contributed by atoms with Crippen molar-refractivity contribution in [3.05, 3.63) is 96.4 Å². The molecule has 0 saturated carbocycles. The highest BCUT2D eigenvalue weighted by Crippen LogP contribution is 2.30. The van der Waals surface area contributed by atoms with Gasteiger partial charge in [-0.15, -0.1) is 0 Å². The lowest BCUT2D eigenvalue weighted by Crippen LogP contribution is -2.20. The third-order valence-electron chi connectivity index (χ3n) is 4.87. The van der Waals surface area contributed by atoms with E-state index in [0.29, 0.717) is 5.78 Å². The third kappa shape index (κ3) is 2.97. The first kappa shape index (κ1) is 16.4. The number of aryl methyl sites for hydroxylation is 1. The predicted molar refractivity (Wildman–Crippen MR) is 112 cm³/mol. The minimum absolute atomic E-state index is 0.605. The Labute approximate surface area is 162 Å². The van der Waals surface area contributed by atoms with Crippen molar-refractivity contribution in [2.24, 2.45) is 0 Å². The van der Waals surface area contributed by atoms with Crippen LogP contribution in [0.2, 0.25) is 0 Å². The fourth-order valence-corrected chi connectivity index (χ4v) is 3.52. The molecule has 0 aliphatic carbocycles. The number of nitrogens with zero attached hydrogens (tertiary/aromatic N) is 5. The van der Waals surface area contributed by atoms with Crippen LogP contribution in [0.5, 0.6) is 0 Å². The molecule has 0 atom stereocenters. The van der Waals surface area contributed by atoms with Crippen LogP contribution >= 0.6 is 0 Å². The summed E-state index contributed by atoms with van der Waals surface area (Å²) < 4.78 is 1.80. The molecule has 28 heavy (non-hydrogen) atoms. The van der Waals surface area contributed by atoms with Gasteiger partial charge in [0.2, 0.25) is 0 Å². The molecule has 2 heterocycles. The van der Waals surface area contributed by atoms with Gasteiger partial charge in [-0.25, -0.2) is 4.98 Å². The lowest BCUT2D eigenvalue weighted by Gasteiger charge is -2.26. The molecule has 5 nitrogen and oxygen atoms in total. The van der Waals surface area contributed by atoms with Gasteiger partial charge in [-0.1, -0.05) is 60.7 Å². The monoisotopic (exact) mass is 365 g/mol. The Kier molecular flexibility index (Phi) is 3.98. The molecule has 0 fully saturated rings. The van der Waals surface area contributed by atoms with E-state index in [0.717, 1.165) is 23.7 Å². The molecule has 0 saturated heterocycles. The van der Waals surface area contributed by atoms with Crippen LogP contribution in [0.15, 0.2) is 85.2 Å². The molecule has 0 unspecified atom stereocenters. The molecule has 0 aliphatic rings. The highest BCUT2D eigenvalue weighted by Gasteiger charge is 2.16. The normalized spacial score (nSPS) is 11.2. The van der Waals surface area contributed by atoms with E-state index in [9.17, 15) is 0 Å². The summed E-state index contributed by atoms with van der Waals surface area (Å²) >= 11 is 0. The summed E-state index contributed by atoms with van der Waals surface area (Å²) in [4.78, 5) is 11.0. The number of benzene rings is 3. The average molecular weight is 365 g/mol. The number of fused-ring (bicyclic) bond motifs is 2. The summed E-state index contributed by atoms with van der Waals surface area (Å²) in [5, 5.41) is 6.84. The van der Waals surface area contributed by atoms with Crippen molar-refractivity contribution in [1.29, 1.82) is 0 Å². The van der Waals surface area contributed by atoms with Gasteiger partial charge in [-0.3, -0.25) is 0 Å². The Balaban J connectivity index is 1.70. The molecule has 0 N–H and O–H groups in total. The maximum atomic E-state index is 4.49. The van der Waals surface area contributed by atoms with Crippen molar-refractivity contribution >= 4 is 28.1 Å². The number of rotatable bonds is 4. The Morgan fingerprint density at radius 1 is 0.857 bits per heavy atom. The molecule has 0 radical (unpaired) electrons. The molecule has 5 heteroatoms. The van der Waals surface area contributed by atoms with Gasteiger partial charge in [0.25, 0.3) is 5.78 Å². The van der Waals surface area contributed by atoms with E-state index >= 15 is 0 Å². The van der Waals surface area contributed by atoms with Gasteiger partial charge in [0.15, 0.2) is 0 Å². The van der Waals surface area contributed by atoms with E-state index < -0.39 is 0 Å². The Morgan fingerprint density at radius 2 is 1.64 bits per heavy atom. The van der Waals surface area contributed by atoms with Crippen LogP contribution in [0.3, 0.4) is 0 Å². The van der Waals surface area contributed by atoms with E-state index in [1.807, 2.05) is 13.0 Å². The molecular formula is C23H19N5. The summed E-state index contributed by atoms with van der Waals surface area (Å²) in [6.45, 7) is 2.71. The second-order valence-corrected chi connectivity index (χ2v) is 6.83. The molecule has 5 rings (SSSR count). The smallest absolute Gasteiger partial charge is 0.254 e. The summed E-state index contributed by atoms with van der Waals surface area (Å²) in [6, 6.07) is 27.4. The maximum Gasteiger partial charge on any atom is 0.254 e. The SMILES string of the molecule is Cc1cc(N(Cc2ccccc2)c2ccc3ccccc3c2)n2ncnc2n1. The first-order chi connectivity index (χ1) is 13.8. The molecule has 0 spiro atoms. The standard InChI is InChI=1S/C23H19N5/c1-17-13-22(28-23(26-17)24-16-25-28)27(15-18-7-3-2-4-8-18)21-12-11-19-9-5-6-10-20(19)14-21/h2-14,16H,15H2,1H3. The predicted octanol–water partition coefficient (Wildman–Crippen LogP) is 4.92. The number of aromatic nitrogens is 4. The van der Waals surface area contributed by atoms with E-state index in [1.54, 1.807) is 10.8 Å². The van der Waals surface area contributed by atoms with Crippen LogP contribution < -0.4 is 4.90 Å². The zero-order valence-corrected chi connectivity index (χ0v) is 15.5. The Morgan fingerprint density at radius 3 is 2.50 bits per heavy atom. The highest BCUT2D eigenvalue weighted by molar-refractivity contribution is 5.86. The van der Waals surface area contributed by atoms with Gasteiger partial charge >= 0.3 is 0 Å². The lowest BCUT2D eigenvalue weighted by atomic mass is 10.1. The molecule has 0 bridgehead atoms. The van der Waals surface area contributed by atoms with Crippen LogP contribution in [-0.2, 0) is 6.54 Å². The summed E-state index contributed by atoms with van der Waals surface area (Å²) in [5.74, 6) is 1.55. The number of anilines is 2. The van der Waals surface area contributed by atoms with Gasteiger partial charge in [-0.2, -0.15) is 14.6 Å². The van der Waals surface area contributed by atoms with E-state index in [-0.39, 0.29) is 0 Å². The average Bonchev–Trinajstić information content (AvgIpc) is 3.20.